The maximum Gasteiger partial charge on any atom is 0.328 e. The third-order valence-electron chi connectivity index (χ3n) is 7.17. The monoisotopic (exact) mass is 449 g/mol. The summed E-state index contributed by atoms with van der Waals surface area (Å²) in [5, 5.41) is 0. The number of nitrogens with zero attached hydrogens (tertiary/aromatic N) is 3. The molecule has 0 saturated carbocycles. The number of carbonyl (C=O) groups is 2. The van der Waals surface area contributed by atoms with Gasteiger partial charge in [0.25, 0.3) is 5.91 Å². The zero-order valence-electron chi connectivity index (χ0n) is 19.2. The Morgan fingerprint density at radius 3 is 2.55 bits per heavy atom. The lowest BCUT2D eigenvalue weighted by Crippen LogP contribution is -2.56. The minimum atomic E-state index is -0.775. The van der Waals surface area contributed by atoms with Gasteiger partial charge in [0.05, 0.1) is 19.8 Å². The van der Waals surface area contributed by atoms with Crippen LogP contribution in [0.4, 0.5) is 4.79 Å². The van der Waals surface area contributed by atoms with Gasteiger partial charge in [-0.1, -0.05) is 42.5 Å². The van der Waals surface area contributed by atoms with Gasteiger partial charge in [-0.2, -0.15) is 0 Å². The largest absolute Gasteiger partial charge is 0.493 e. The van der Waals surface area contributed by atoms with Crippen molar-refractivity contribution >= 4 is 11.9 Å². The number of hydrogen-bond acceptors (Lipinski definition) is 5. The molecule has 3 heterocycles. The van der Waals surface area contributed by atoms with E-state index in [9.17, 15) is 9.59 Å². The molecular weight excluding hydrogens is 418 g/mol. The fourth-order valence-electron chi connectivity index (χ4n) is 5.31. The molecule has 0 N–H and O–H groups in total. The normalized spacial score (nSPS) is 19.9. The number of hydrogen-bond donors (Lipinski definition) is 0. The number of amides is 3. The van der Waals surface area contributed by atoms with Gasteiger partial charge < -0.3 is 14.4 Å². The summed E-state index contributed by atoms with van der Waals surface area (Å²) in [6.45, 7) is 4.24. The van der Waals surface area contributed by atoms with Crippen molar-refractivity contribution in [1.82, 2.24) is 14.7 Å². The second-order valence-electron chi connectivity index (χ2n) is 9.15. The molecule has 3 amide bonds. The van der Waals surface area contributed by atoms with Gasteiger partial charge in [0.15, 0.2) is 0 Å². The summed E-state index contributed by atoms with van der Waals surface area (Å²) in [5.41, 5.74) is 2.81. The molecule has 7 nitrogen and oxygen atoms in total. The highest BCUT2D eigenvalue weighted by Crippen LogP contribution is 2.39. The lowest BCUT2D eigenvalue weighted by atomic mass is 9.85. The Morgan fingerprint density at radius 2 is 1.79 bits per heavy atom. The van der Waals surface area contributed by atoms with E-state index < -0.39 is 5.54 Å². The fraction of sp³-hybridized carbons (Fsp3) is 0.462. The predicted octanol–water partition coefficient (Wildman–Crippen LogP) is 3.07. The first-order valence-corrected chi connectivity index (χ1v) is 11.7. The zero-order chi connectivity index (χ0) is 22.8. The number of piperidine rings is 1. The fourth-order valence-corrected chi connectivity index (χ4v) is 5.31. The Labute approximate surface area is 194 Å². The molecule has 2 aromatic rings. The van der Waals surface area contributed by atoms with E-state index in [1.807, 2.05) is 35.2 Å². The van der Waals surface area contributed by atoms with E-state index in [0.717, 1.165) is 44.0 Å². The number of rotatable bonds is 7. The topological polar surface area (TPSA) is 62.3 Å². The summed E-state index contributed by atoms with van der Waals surface area (Å²) in [7, 11) is 1.59. The van der Waals surface area contributed by atoms with Gasteiger partial charge in [-0.3, -0.25) is 14.6 Å². The van der Waals surface area contributed by atoms with Crippen LogP contribution in [-0.2, 0) is 29.0 Å². The highest BCUT2D eigenvalue weighted by Gasteiger charge is 2.57. The number of fused-ring (bicyclic) bond motifs is 1. The zero-order valence-corrected chi connectivity index (χ0v) is 19.2. The first kappa shape index (κ1) is 21.9. The molecule has 0 aromatic heterocycles. The summed E-state index contributed by atoms with van der Waals surface area (Å²) in [4.78, 5) is 32.5. The number of imide groups is 1. The molecular formula is C26H31N3O4. The van der Waals surface area contributed by atoms with Crippen molar-refractivity contribution in [3.8, 4) is 5.75 Å². The number of likely N-dealkylation sites (tertiary alicyclic amines) is 1. The van der Waals surface area contributed by atoms with Gasteiger partial charge in [0.1, 0.15) is 11.3 Å². The minimum Gasteiger partial charge on any atom is -0.493 e. The molecule has 0 atom stereocenters. The standard InChI is InChI=1S/C26H31N3O4/c1-32-16-14-28-24(30)26(29(25(28)31)19-20-5-3-2-4-6-20)10-12-27(13-11-26)18-21-7-8-23-22(17-21)9-15-33-23/h2-8,17H,9-16,18-19H2,1H3. The summed E-state index contributed by atoms with van der Waals surface area (Å²) in [6.07, 6.45) is 2.25. The van der Waals surface area contributed by atoms with Crippen LogP contribution in [0.3, 0.4) is 0 Å². The number of benzene rings is 2. The second-order valence-corrected chi connectivity index (χ2v) is 9.15. The van der Waals surface area contributed by atoms with Crippen LogP contribution in [0.15, 0.2) is 48.5 Å². The number of urea groups is 1. The Kier molecular flexibility index (Phi) is 6.08. The van der Waals surface area contributed by atoms with E-state index in [2.05, 4.69) is 23.1 Å². The quantitative estimate of drug-likeness (QED) is 0.608. The molecule has 1 spiro atoms. The SMILES string of the molecule is COCCN1C(=O)N(Cc2ccccc2)C2(CCN(Cc3ccc4c(c3)CCO4)CC2)C1=O. The van der Waals surface area contributed by atoms with Crippen LogP contribution in [0.5, 0.6) is 5.75 Å². The first-order valence-electron chi connectivity index (χ1n) is 11.7. The van der Waals surface area contributed by atoms with Gasteiger partial charge in [0, 0.05) is 39.7 Å². The molecule has 3 aliphatic heterocycles. The minimum absolute atomic E-state index is 0.0742. The Bertz CT molecular complexity index is 1020. The van der Waals surface area contributed by atoms with Gasteiger partial charge >= 0.3 is 6.03 Å². The lowest BCUT2D eigenvalue weighted by Gasteiger charge is -2.42. The number of methoxy groups -OCH3 is 1. The average molecular weight is 450 g/mol. The summed E-state index contributed by atoms with van der Waals surface area (Å²) in [5.74, 6) is 0.925. The van der Waals surface area contributed by atoms with E-state index in [1.165, 1.54) is 16.0 Å². The molecule has 0 bridgehead atoms. The maximum atomic E-state index is 13.6. The van der Waals surface area contributed by atoms with Crippen LogP contribution in [0, 0.1) is 0 Å². The van der Waals surface area contributed by atoms with Crippen LogP contribution >= 0.6 is 0 Å². The average Bonchev–Trinajstić information content (AvgIpc) is 3.38. The number of carbonyl (C=O) groups excluding carboxylic acids is 2. The molecule has 0 aliphatic carbocycles. The van der Waals surface area contributed by atoms with E-state index in [-0.39, 0.29) is 11.9 Å². The van der Waals surface area contributed by atoms with E-state index in [1.54, 1.807) is 7.11 Å². The summed E-state index contributed by atoms with van der Waals surface area (Å²) < 4.78 is 10.8. The molecule has 2 saturated heterocycles. The first-order chi connectivity index (χ1) is 16.1. The van der Waals surface area contributed by atoms with Crippen molar-refractivity contribution < 1.29 is 19.1 Å². The Hall–Kier alpha value is -2.90. The highest BCUT2D eigenvalue weighted by molar-refractivity contribution is 6.07. The van der Waals surface area contributed by atoms with Gasteiger partial charge in [0.2, 0.25) is 0 Å². The van der Waals surface area contributed by atoms with Crippen molar-refractivity contribution in [2.24, 2.45) is 0 Å². The molecule has 0 radical (unpaired) electrons. The molecule has 5 rings (SSSR count). The van der Waals surface area contributed by atoms with Crippen molar-refractivity contribution in [2.75, 3.05) is 40.0 Å². The Balaban J connectivity index is 1.32. The summed E-state index contributed by atoms with van der Waals surface area (Å²) in [6, 6.07) is 16.2. The van der Waals surface area contributed by atoms with E-state index >= 15 is 0 Å². The second kappa shape index (κ2) is 9.15. The predicted molar refractivity (Wildman–Crippen MR) is 124 cm³/mol. The molecule has 2 fully saturated rings. The van der Waals surface area contributed by atoms with E-state index in [4.69, 9.17) is 9.47 Å². The van der Waals surface area contributed by atoms with Gasteiger partial charge in [-0.15, -0.1) is 0 Å². The Morgan fingerprint density at radius 1 is 1.00 bits per heavy atom. The van der Waals surface area contributed by atoms with Gasteiger partial charge in [-0.25, -0.2) is 4.79 Å². The molecule has 0 unspecified atom stereocenters. The van der Waals surface area contributed by atoms with Crippen LogP contribution in [-0.4, -0.2) is 72.1 Å². The molecule has 33 heavy (non-hydrogen) atoms. The van der Waals surface area contributed by atoms with Crippen LogP contribution in [0.1, 0.15) is 29.5 Å². The van der Waals surface area contributed by atoms with Crippen molar-refractivity contribution in [3.05, 3.63) is 65.2 Å². The lowest BCUT2D eigenvalue weighted by molar-refractivity contribution is -0.136. The molecule has 7 heteroatoms. The maximum absolute atomic E-state index is 13.6. The van der Waals surface area contributed by atoms with Crippen LogP contribution < -0.4 is 4.74 Å². The van der Waals surface area contributed by atoms with Crippen LogP contribution in [0.25, 0.3) is 0 Å². The van der Waals surface area contributed by atoms with E-state index in [0.29, 0.717) is 32.5 Å². The molecule has 2 aromatic carbocycles. The summed E-state index contributed by atoms with van der Waals surface area (Å²) >= 11 is 0. The van der Waals surface area contributed by atoms with Crippen molar-refractivity contribution in [3.63, 3.8) is 0 Å². The number of ether oxygens (including phenoxy) is 2. The van der Waals surface area contributed by atoms with Crippen molar-refractivity contribution in [2.45, 2.75) is 37.9 Å². The van der Waals surface area contributed by atoms with Gasteiger partial charge in [-0.05, 0) is 35.6 Å². The van der Waals surface area contributed by atoms with Crippen LogP contribution in [0.2, 0.25) is 0 Å². The third kappa shape index (κ3) is 4.11. The third-order valence-corrected chi connectivity index (χ3v) is 7.17. The molecule has 174 valence electrons. The van der Waals surface area contributed by atoms with Crippen molar-refractivity contribution in [1.29, 1.82) is 0 Å². The smallest absolute Gasteiger partial charge is 0.328 e. The highest BCUT2D eigenvalue weighted by atomic mass is 16.5. The molecule has 3 aliphatic rings.